The summed E-state index contributed by atoms with van der Waals surface area (Å²) in [4.78, 5) is 26.4. The number of carbonyl (C=O) groups is 2. The van der Waals surface area contributed by atoms with Gasteiger partial charge in [-0.2, -0.15) is 0 Å². The van der Waals surface area contributed by atoms with Gasteiger partial charge in [0, 0.05) is 26.2 Å². The van der Waals surface area contributed by atoms with Crippen molar-refractivity contribution in [2.24, 2.45) is 0 Å². The molecule has 0 atom stereocenters. The third kappa shape index (κ3) is 16.1. The van der Waals surface area contributed by atoms with Gasteiger partial charge in [0.05, 0.1) is 0 Å². The van der Waals surface area contributed by atoms with Gasteiger partial charge in [-0.25, -0.2) is 9.59 Å². The quantitative estimate of drug-likeness (QED) is 0.389. The SMILES string of the molecule is CC(C)(C)OC(=O)N1CC[N-]CC1.CC(C)(C)OC(=O)N1CC[N-]CC1.[Cl][Pt+2][Cl]. The molecule has 0 spiro atoms. The van der Waals surface area contributed by atoms with Gasteiger partial charge >= 0.3 is 47.5 Å². The Balaban J connectivity index is 0.000000477. The van der Waals surface area contributed by atoms with Crippen LogP contribution in [0.15, 0.2) is 0 Å². The second kappa shape index (κ2) is 14.7. The van der Waals surface area contributed by atoms with Crippen LogP contribution in [0.3, 0.4) is 0 Å². The molecular formula is C18H34Cl2N4O4Pt. The molecule has 0 bridgehead atoms. The van der Waals surface area contributed by atoms with E-state index in [-0.39, 0.29) is 12.2 Å². The molecule has 2 aliphatic rings. The minimum atomic E-state index is -0.472. The first-order chi connectivity index (χ1) is 13.4. The van der Waals surface area contributed by atoms with Crippen molar-refractivity contribution in [3.8, 4) is 0 Å². The molecule has 174 valence electrons. The van der Waals surface area contributed by atoms with Crippen LogP contribution in [0.5, 0.6) is 0 Å². The Labute approximate surface area is 191 Å². The summed E-state index contributed by atoms with van der Waals surface area (Å²) < 4.78 is 10.4. The minimum absolute atomic E-state index is 0.220. The Bertz CT molecular complexity index is 433. The van der Waals surface area contributed by atoms with E-state index in [9.17, 15) is 9.59 Å². The Morgan fingerprint density at radius 1 is 0.724 bits per heavy atom. The van der Waals surface area contributed by atoms with Crippen LogP contribution in [0, 0.1) is 0 Å². The predicted molar refractivity (Wildman–Crippen MR) is 114 cm³/mol. The van der Waals surface area contributed by atoms with Gasteiger partial charge in [-0.05, 0) is 41.5 Å². The summed E-state index contributed by atoms with van der Waals surface area (Å²) in [5.74, 6) is 0. The third-order valence-electron chi connectivity index (χ3n) is 3.42. The molecule has 2 saturated heterocycles. The maximum absolute atomic E-state index is 11.5. The monoisotopic (exact) mass is 635 g/mol. The van der Waals surface area contributed by atoms with E-state index in [0.717, 1.165) is 26.2 Å². The van der Waals surface area contributed by atoms with Crippen molar-refractivity contribution in [2.45, 2.75) is 52.7 Å². The van der Waals surface area contributed by atoms with Crippen molar-refractivity contribution in [2.75, 3.05) is 52.4 Å². The van der Waals surface area contributed by atoms with Crippen LogP contribution in [-0.2, 0) is 26.0 Å². The molecular weight excluding hydrogens is 602 g/mol. The van der Waals surface area contributed by atoms with E-state index in [1.165, 1.54) is 0 Å². The van der Waals surface area contributed by atoms with Crippen LogP contribution in [-0.4, -0.2) is 85.5 Å². The fourth-order valence-corrected chi connectivity index (χ4v) is 2.23. The summed E-state index contributed by atoms with van der Waals surface area (Å²) in [5, 5.41) is 8.31. The second-order valence-corrected chi connectivity index (χ2v) is 11.6. The number of amides is 2. The molecule has 0 saturated carbocycles. The molecule has 2 heterocycles. The first kappa shape index (κ1) is 28.7. The maximum atomic E-state index is 11.5. The van der Waals surface area contributed by atoms with Crippen LogP contribution in [0.2, 0.25) is 0 Å². The van der Waals surface area contributed by atoms with Crippen molar-refractivity contribution < 1.29 is 35.5 Å². The first-order valence-corrected chi connectivity index (χ1v) is 15.1. The molecule has 8 nitrogen and oxygen atoms in total. The number of carbonyl (C=O) groups excluding carboxylic acids is 2. The number of hydrogen-bond acceptors (Lipinski definition) is 4. The first-order valence-electron chi connectivity index (χ1n) is 9.44. The van der Waals surface area contributed by atoms with Gasteiger partial charge in [0.15, 0.2) is 0 Å². The van der Waals surface area contributed by atoms with Gasteiger partial charge in [0.1, 0.15) is 11.2 Å². The summed E-state index contributed by atoms with van der Waals surface area (Å²) in [6.07, 6.45) is -0.440. The fourth-order valence-electron chi connectivity index (χ4n) is 2.23. The average molecular weight is 636 g/mol. The zero-order valence-corrected chi connectivity index (χ0v) is 21.9. The van der Waals surface area contributed by atoms with Crippen LogP contribution in [0.25, 0.3) is 10.6 Å². The topological polar surface area (TPSA) is 87.3 Å². The molecule has 0 unspecified atom stereocenters. The second-order valence-electron chi connectivity index (χ2n) is 8.32. The molecule has 2 fully saturated rings. The number of rotatable bonds is 0. The summed E-state index contributed by atoms with van der Waals surface area (Å²) in [7, 11) is 9.75. The fraction of sp³-hybridized carbons (Fsp3) is 0.889. The van der Waals surface area contributed by atoms with Gasteiger partial charge in [0.25, 0.3) is 0 Å². The van der Waals surface area contributed by atoms with Gasteiger partial charge in [-0.1, -0.05) is 0 Å². The number of ether oxygens (including phenoxy) is 2. The van der Waals surface area contributed by atoms with Crippen LogP contribution in [0.4, 0.5) is 9.59 Å². The van der Waals surface area contributed by atoms with Crippen molar-refractivity contribution in [1.82, 2.24) is 9.80 Å². The van der Waals surface area contributed by atoms with E-state index in [2.05, 4.69) is 10.6 Å². The summed E-state index contributed by atoms with van der Waals surface area (Å²) in [6.45, 7) is 16.9. The van der Waals surface area contributed by atoms with Crippen molar-refractivity contribution in [3.63, 3.8) is 0 Å². The van der Waals surface area contributed by atoms with Crippen LogP contribution < -0.4 is 0 Å². The van der Waals surface area contributed by atoms with E-state index in [1.54, 1.807) is 9.80 Å². The number of halogens is 2. The van der Waals surface area contributed by atoms with E-state index < -0.39 is 27.7 Å². The van der Waals surface area contributed by atoms with Gasteiger partial charge in [-0.15, -0.1) is 26.2 Å². The summed E-state index contributed by atoms with van der Waals surface area (Å²) in [6, 6.07) is 0. The molecule has 0 aromatic carbocycles. The Kier molecular flexibility index (Phi) is 14.5. The zero-order valence-electron chi connectivity index (χ0n) is 18.2. The molecule has 0 aliphatic carbocycles. The standard InChI is InChI=1S/2C9H17N2O2.2ClH.Pt/c2*1-9(2,3)13-8(12)11-6-4-10-5-7-11;;;/h2*4-7H2,1-3H3;2*1H;/q2*-1;;;+4/p-2. The van der Waals surface area contributed by atoms with E-state index in [1.807, 2.05) is 41.5 Å². The Morgan fingerprint density at radius 3 is 1.17 bits per heavy atom. The molecule has 2 rings (SSSR count). The van der Waals surface area contributed by atoms with E-state index >= 15 is 0 Å². The summed E-state index contributed by atoms with van der Waals surface area (Å²) >= 11 is -0.472. The van der Waals surface area contributed by atoms with Gasteiger partial charge in [-0.3, -0.25) is 0 Å². The van der Waals surface area contributed by atoms with Crippen LogP contribution >= 0.6 is 18.8 Å². The molecule has 11 heteroatoms. The summed E-state index contributed by atoms with van der Waals surface area (Å²) in [5.41, 5.74) is -0.794. The number of nitrogens with zero attached hydrogens (tertiary/aromatic N) is 4. The molecule has 2 amide bonds. The Morgan fingerprint density at radius 2 is 0.966 bits per heavy atom. The molecule has 2 aliphatic heterocycles. The Hall–Kier alpha value is -0.272. The van der Waals surface area contributed by atoms with Gasteiger partial charge in [0.2, 0.25) is 0 Å². The number of hydrogen-bond donors (Lipinski definition) is 0. The number of piperazine rings is 2. The average Bonchev–Trinajstić information content (AvgIpc) is 2.62. The third-order valence-corrected chi connectivity index (χ3v) is 3.42. The molecule has 0 aromatic heterocycles. The molecule has 29 heavy (non-hydrogen) atoms. The molecule has 0 N–H and O–H groups in total. The molecule has 0 aromatic rings. The van der Waals surface area contributed by atoms with E-state index in [4.69, 9.17) is 28.3 Å². The van der Waals surface area contributed by atoms with Crippen molar-refractivity contribution in [1.29, 1.82) is 0 Å². The van der Waals surface area contributed by atoms with Crippen LogP contribution in [0.1, 0.15) is 41.5 Å². The predicted octanol–water partition coefficient (Wildman–Crippen LogP) is 4.60. The van der Waals surface area contributed by atoms with Crippen molar-refractivity contribution >= 4 is 31.0 Å². The zero-order chi connectivity index (χ0) is 22.5. The van der Waals surface area contributed by atoms with E-state index in [0.29, 0.717) is 26.2 Å². The van der Waals surface area contributed by atoms with Crippen molar-refractivity contribution in [3.05, 3.63) is 10.6 Å². The van der Waals surface area contributed by atoms with Gasteiger partial charge < -0.3 is 29.9 Å². The normalized spacial score (nSPS) is 17.4. The molecule has 0 radical (unpaired) electrons.